The molecule has 0 radical (unpaired) electrons. The normalized spacial score (nSPS) is 9.96. The summed E-state index contributed by atoms with van der Waals surface area (Å²) in [6.07, 6.45) is 43.8. The fourth-order valence-corrected chi connectivity index (χ4v) is 6.07. The second-order valence-corrected chi connectivity index (χ2v) is 14.5. The number of aliphatic hydroxyl groups excluding tert-OH is 2. The number of unbranched alkanes of at least 4 members (excludes halogenated alkanes) is 25. The standard InChI is InChI=1S/C27H52NO.C17H36O.C2H6O.C2H6.CH3I.W/c1-4-7-9-11-13-18-22-26-29-27(6-3)23-19-15-14-17-21-25-28-24-20-16-12-10-8-5-2;1-3-5-7-9-11-13-15-17(18)16-14-12-10-8-6-4-2;1-2-3;2*1-2;/h5,28H,3-4,7-26H2,1-2H3;17-18H,3-16H2,1-2H3;3H,2H2,1H3;1-2H3;1H3;/q-1;;;;;. The molecule has 0 unspecified atom stereocenters. The molecular weight excluding hydrogens is 961 g/mol. The van der Waals surface area contributed by atoms with Crippen molar-refractivity contribution in [3.63, 3.8) is 0 Å². The molecule has 0 saturated heterocycles. The van der Waals surface area contributed by atoms with Gasteiger partial charge in [0.1, 0.15) is 5.76 Å². The average molecular weight is 1070 g/mol. The number of hydrogen-bond acceptors (Lipinski definition) is 4. The van der Waals surface area contributed by atoms with Crippen LogP contribution >= 0.6 is 22.6 Å². The number of alkyl halides is 1. The molecule has 0 aliphatic heterocycles. The predicted octanol–water partition coefficient (Wildman–Crippen LogP) is 16.4. The minimum Gasteiger partial charge on any atom is -0.490 e. The second kappa shape index (κ2) is 72.3. The van der Waals surface area contributed by atoms with Crippen LogP contribution in [-0.4, -0.2) is 47.6 Å². The van der Waals surface area contributed by atoms with Crippen molar-refractivity contribution < 1.29 is 36.0 Å². The number of nitrogens with one attached hydrogen (secondary N) is 1. The molecule has 0 amide bonds. The van der Waals surface area contributed by atoms with E-state index in [0.29, 0.717) is 0 Å². The van der Waals surface area contributed by atoms with E-state index in [9.17, 15) is 5.11 Å². The van der Waals surface area contributed by atoms with Crippen LogP contribution in [0.15, 0.2) is 18.1 Å². The molecule has 4 nitrogen and oxygen atoms in total. The zero-order valence-electron chi connectivity index (χ0n) is 38.9. The van der Waals surface area contributed by atoms with Gasteiger partial charge in [-0.25, -0.2) is 0 Å². The van der Waals surface area contributed by atoms with Gasteiger partial charge < -0.3 is 26.7 Å². The van der Waals surface area contributed by atoms with Crippen LogP contribution in [-0.2, 0) is 25.8 Å². The minimum absolute atomic E-state index is 0. The molecule has 0 aromatic heterocycles. The number of ether oxygens (including phenoxy) is 1. The van der Waals surface area contributed by atoms with E-state index in [2.05, 4.69) is 74.3 Å². The van der Waals surface area contributed by atoms with Crippen molar-refractivity contribution in [1.82, 2.24) is 5.32 Å². The van der Waals surface area contributed by atoms with Crippen molar-refractivity contribution in [2.24, 2.45) is 0 Å². The van der Waals surface area contributed by atoms with E-state index in [1.54, 1.807) is 6.92 Å². The molecule has 0 bridgehead atoms. The number of allylic oxidation sites excluding steroid dienone is 1. The first-order valence-electron chi connectivity index (χ1n) is 23.7. The monoisotopic (exact) mass is 1060 g/mol. The molecule has 336 valence electrons. The quantitative estimate of drug-likeness (QED) is 0.0144. The molecule has 0 aromatic rings. The molecule has 0 saturated carbocycles. The fraction of sp³-hybridized carbons (Fsp3) is 0.918. The molecular formula is C49H103INO3W-. The summed E-state index contributed by atoms with van der Waals surface area (Å²) >= 11 is 2.15. The summed E-state index contributed by atoms with van der Waals surface area (Å²) in [7, 11) is 0. The van der Waals surface area contributed by atoms with Gasteiger partial charge in [0, 0.05) is 34.1 Å². The molecule has 0 heterocycles. The van der Waals surface area contributed by atoms with Gasteiger partial charge in [-0.1, -0.05) is 224 Å². The number of rotatable bonds is 38. The van der Waals surface area contributed by atoms with Gasteiger partial charge >= 0.3 is 0 Å². The number of hydrogen-bond donors (Lipinski definition) is 3. The third-order valence-electron chi connectivity index (χ3n) is 9.36. The van der Waals surface area contributed by atoms with Crippen molar-refractivity contribution in [2.45, 2.75) is 260 Å². The molecule has 6 heteroatoms. The Kier molecular flexibility index (Phi) is 88.5. The number of halogens is 1. The Bertz CT molecular complexity index is 617. The molecule has 3 N–H and O–H groups in total. The summed E-state index contributed by atoms with van der Waals surface area (Å²) in [5.74, 6) is 0.981. The van der Waals surface area contributed by atoms with E-state index >= 15 is 0 Å². The zero-order valence-corrected chi connectivity index (χ0v) is 44.0. The molecule has 0 aromatic carbocycles. The van der Waals surface area contributed by atoms with Gasteiger partial charge in [-0.15, -0.1) is 0 Å². The topological polar surface area (TPSA) is 61.7 Å². The summed E-state index contributed by atoms with van der Waals surface area (Å²) in [5.41, 5.74) is 3.00. The van der Waals surface area contributed by atoms with Gasteiger partial charge in [0.25, 0.3) is 0 Å². The first-order chi connectivity index (χ1) is 26.6. The van der Waals surface area contributed by atoms with Crippen LogP contribution in [0.2, 0.25) is 0 Å². The van der Waals surface area contributed by atoms with Crippen LogP contribution in [0.25, 0.3) is 0 Å². The SMILES string of the molecule is C=C=C(CCCCCCCNCCCCCC[CH-]C)OCCCCCCCCC.CC.CCCCCCCCC(O)CCCCCCCC.CCO.CI.[W]. The third kappa shape index (κ3) is 76.0. The Morgan fingerprint density at radius 1 is 0.600 bits per heavy atom. The largest absolute Gasteiger partial charge is 0.490 e. The van der Waals surface area contributed by atoms with Crippen molar-refractivity contribution >= 4 is 22.6 Å². The zero-order chi connectivity index (χ0) is 41.4. The molecule has 0 aliphatic rings. The second-order valence-electron chi connectivity index (χ2n) is 14.5. The summed E-state index contributed by atoms with van der Waals surface area (Å²) in [4.78, 5) is 1.97. The smallest absolute Gasteiger partial charge is 0.137 e. The van der Waals surface area contributed by atoms with Crippen molar-refractivity contribution in [2.75, 3.05) is 31.2 Å². The molecule has 0 rings (SSSR count). The third-order valence-corrected chi connectivity index (χ3v) is 9.36. The van der Waals surface area contributed by atoms with Crippen LogP contribution in [0.3, 0.4) is 0 Å². The summed E-state index contributed by atoms with van der Waals surface area (Å²) < 4.78 is 5.86. The summed E-state index contributed by atoms with van der Waals surface area (Å²) in [5, 5.41) is 21.0. The van der Waals surface area contributed by atoms with E-state index in [4.69, 9.17) is 9.84 Å². The van der Waals surface area contributed by atoms with Gasteiger partial charge in [-0.3, -0.25) is 0 Å². The van der Waals surface area contributed by atoms with E-state index in [-0.39, 0.29) is 33.8 Å². The molecule has 55 heavy (non-hydrogen) atoms. The van der Waals surface area contributed by atoms with Crippen LogP contribution in [0.4, 0.5) is 0 Å². The Morgan fingerprint density at radius 2 is 0.945 bits per heavy atom. The predicted molar refractivity (Wildman–Crippen MR) is 256 cm³/mol. The molecule has 0 spiro atoms. The van der Waals surface area contributed by atoms with E-state index < -0.39 is 0 Å². The molecule has 0 aliphatic carbocycles. The van der Waals surface area contributed by atoms with Crippen LogP contribution < -0.4 is 5.32 Å². The average Bonchev–Trinajstić information content (AvgIpc) is 3.20. The maximum Gasteiger partial charge on any atom is 0.137 e. The van der Waals surface area contributed by atoms with Gasteiger partial charge in [0.15, 0.2) is 0 Å². The number of aliphatic hydroxyl groups is 2. The van der Waals surface area contributed by atoms with Gasteiger partial charge in [0.2, 0.25) is 0 Å². The molecule has 0 fully saturated rings. The maximum absolute atomic E-state index is 9.85. The van der Waals surface area contributed by atoms with Crippen molar-refractivity contribution in [1.29, 1.82) is 0 Å². The summed E-state index contributed by atoms with van der Waals surface area (Å²) in [6, 6.07) is 0. The van der Waals surface area contributed by atoms with Crippen LogP contribution in [0.5, 0.6) is 0 Å². The van der Waals surface area contributed by atoms with Gasteiger partial charge in [-0.2, -0.15) is 13.3 Å². The van der Waals surface area contributed by atoms with E-state index in [1.165, 1.54) is 199 Å². The summed E-state index contributed by atoms with van der Waals surface area (Å²) in [6.45, 7) is 21.9. The minimum atomic E-state index is -0.0256. The van der Waals surface area contributed by atoms with Gasteiger partial charge in [-0.05, 0) is 63.5 Å². The van der Waals surface area contributed by atoms with Crippen molar-refractivity contribution in [3.05, 3.63) is 24.5 Å². The molecule has 0 atom stereocenters. The van der Waals surface area contributed by atoms with Crippen molar-refractivity contribution in [3.8, 4) is 0 Å². The Hall–Kier alpha value is 0.618. The Balaban J connectivity index is -0.000000198. The Morgan fingerprint density at radius 3 is 1.35 bits per heavy atom. The maximum atomic E-state index is 9.85. The van der Waals surface area contributed by atoms with E-state index in [1.807, 2.05) is 18.8 Å². The van der Waals surface area contributed by atoms with Crippen LogP contribution in [0, 0.1) is 6.42 Å². The Labute approximate surface area is 377 Å². The van der Waals surface area contributed by atoms with Gasteiger partial charge in [0.05, 0.1) is 12.7 Å². The fourth-order valence-electron chi connectivity index (χ4n) is 6.07. The van der Waals surface area contributed by atoms with E-state index in [0.717, 1.165) is 31.6 Å². The first kappa shape index (κ1) is 67.4. The van der Waals surface area contributed by atoms with Crippen LogP contribution in [0.1, 0.15) is 254 Å². The first-order valence-corrected chi connectivity index (χ1v) is 25.9.